The number of benzene rings is 1. The van der Waals surface area contributed by atoms with E-state index in [1.807, 2.05) is 25.9 Å². The Labute approximate surface area is 127 Å². The Kier molecular flexibility index (Phi) is 5.69. The molecule has 1 unspecified atom stereocenters. The summed E-state index contributed by atoms with van der Waals surface area (Å²) in [5, 5.41) is 8.99. The van der Waals surface area contributed by atoms with Gasteiger partial charge in [0.05, 0.1) is 10.5 Å². The predicted molar refractivity (Wildman–Crippen MR) is 79.4 cm³/mol. The third-order valence-corrected chi connectivity index (χ3v) is 5.04. The summed E-state index contributed by atoms with van der Waals surface area (Å²) in [6, 6.07) is 3.93. The first-order valence-electron chi connectivity index (χ1n) is 5.84. The number of rotatable bonds is 6. The third-order valence-electron chi connectivity index (χ3n) is 2.93. The fourth-order valence-corrected chi connectivity index (χ4v) is 2.90. The van der Waals surface area contributed by atoms with Crippen LogP contribution in [0.2, 0.25) is 0 Å². The molecule has 0 amide bonds. The molecule has 0 saturated carbocycles. The second kappa shape index (κ2) is 6.66. The van der Waals surface area contributed by atoms with Crippen molar-refractivity contribution in [2.24, 2.45) is 0 Å². The number of likely N-dealkylation sites (N-methyl/N-ethyl adjacent to an activating group) is 1. The van der Waals surface area contributed by atoms with Crippen molar-refractivity contribution in [3.63, 3.8) is 0 Å². The van der Waals surface area contributed by atoms with Crippen molar-refractivity contribution in [3.8, 4) is 0 Å². The number of carboxylic acid groups (broad SMARTS) is 1. The first-order valence-corrected chi connectivity index (χ1v) is 8.11. The lowest BCUT2D eigenvalue weighted by Crippen LogP contribution is -2.38. The molecule has 1 atom stereocenters. The van der Waals surface area contributed by atoms with E-state index in [1.165, 1.54) is 12.1 Å². The molecule has 1 aromatic rings. The van der Waals surface area contributed by atoms with Gasteiger partial charge in [-0.1, -0.05) is 0 Å². The summed E-state index contributed by atoms with van der Waals surface area (Å²) in [5.41, 5.74) is -0.0893. The number of hydrogen-bond acceptors (Lipinski definition) is 4. The van der Waals surface area contributed by atoms with Gasteiger partial charge in [0.1, 0.15) is 0 Å². The van der Waals surface area contributed by atoms with E-state index >= 15 is 0 Å². The van der Waals surface area contributed by atoms with Gasteiger partial charge in [-0.3, -0.25) is 0 Å². The van der Waals surface area contributed by atoms with Crippen molar-refractivity contribution in [1.82, 2.24) is 9.62 Å². The minimum absolute atomic E-state index is 0.0270. The monoisotopic (exact) mass is 364 g/mol. The Morgan fingerprint density at radius 3 is 2.55 bits per heavy atom. The van der Waals surface area contributed by atoms with E-state index in [-0.39, 0.29) is 23.0 Å². The molecule has 6 nitrogen and oxygen atoms in total. The Bertz CT molecular complexity index is 601. The molecule has 0 saturated heterocycles. The molecule has 0 aromatic heterocycles. The highest BCUT2D eigenvalue weighted by Crippen LogP contribution is 2.21. The van der Waals surface area contributed by atoms with Crippen molar-refractivity contribution in [2.75, 3.05) is 20.6 Å². The number of nitrogens with zero attached hydrogens (tertiary/aromatic N) is 1. The molecule has 0 radical (unpaired) electrons. The fourth-order valence-electron chi connectivity index (χ4n) is 1.33. The van der Waals surface area contributed by atoms with Gasteiger partial charge in [0, 0.05) is 17.1 Å². The number of carbonyl (C=O) groups is 1. The molecule has 0 bridgehead atoms. The van der Waals surface area contributed by atoms with E-state index in [4.69, 9.17) is 5.11 Å². The van der Waals surface area contributed by atoms with Crippen molar-refractivity contribution in [3.05, 3.63) is 28.2 Å². The van der Waals surface area contributed by atoms with Crippen LogP contribution in [0.25, 0.3) is 0 Å². The molecule has 112 valence electrons. The maximum atomic E-state index is 12.1. The maximum Gasteiger partial charge on any atom is 0.336 e. The average Bonchev–Trinajstić information content (AvgIpc) is 2.35. The normalized spacial score (nSPS) is 13.4. The van der Waals surface area contributed by atoms with Gasteiger partial charge in [-0.05, 0) is 55.1 Å². The topological polar surface area (TPSA) is 86.7 Å². The van der Waals surface area contributed by atoms with Gasteiger partial charge >= 0.3 is 5.97 Å². The lowest BCUT2D eigenvalue weighted by atomic mass is 10.2. The third kappa shape index (κ3) is 4.27. The second-order valence-corrected chi connectivity index (χ2v) is 7.23. The van der Waals surface area contributed by atoms with Crippen molar-refractivity contribution in [1.29, 1.82) is 0 Å². The molecular weight excluding hydrogens is 348 g/mol. The standard InChI is InChI=1S/C12H17BrN2O4S/c1-8(15(2)3)7-14-20(18,19)9-4-5-11(13)10(6-9)12(16)17/h4-6,8,14H,7H2,1-3H3,(H,16,17). The number of sulfonamides is 1. The van der Waals surface area contributed by atoms with Gasteiger partial charge in [-0.2, -0.15) is 0 Å². The van der Waals surface area contributed by atoms with Crippen LogP contribution in [0, 0.1) is 0 Å². The summed E-state index contributed by atoms with van der Waals surface area (Å²) >= 11 is 3.08. The highest BCUT2D eigenvalue weighted by Gasteiger charge is 2.19. The van der Waals surface area contributed by atoms with Crippen LogP contribution in [0.1, 0.15) is 17.3 Å². The molecule has 8 heteroatoms. The number of nitrogens with one attached hydrogen (secondary N) is 1. The molecule has 20 heavy (non-hydrogen) atoms. The van der Waals surface area contributed by atoms with Crippen LogP contribution in [-0.4, -0.2) is 51.1 Å². The number of aromatic carboxylic acids is 1. The van der Waals surface area contributed by atoms with E-state index in [2.05, 4.69) is 20.7 Å². The largest absolute Gasteiger partial charge is 0.478 e. The van der Waals surface area contributed by atoms with Gasteiger partial charge in [0.15, 0.2) is 0 Å². The van der Waals surface area contributed by atoms with Gasteiger partial charge in [-0.15, -0.1) is 0 Å². The summed E-state index contributed by atoms with van der Waals surface area (Å²) in [6.07, 6.45) is 0. The zero-order valence-corrected chi connectivity index (χ0v) is 13.8. The Balaban J connectivity index is 2.99. The maximum absolute atomic E-state index is 12.1. The average molecular weight is 365 g/mol. The Morgan fingerprint density at radius 1 is 1.45 bits per heavy atom. The molecule has 0 aliphatic carbocycles. The summed E-state index contributed by atoms with van der Waals surface area (Å²) in [5.74, 6) is -1.18. The summed E-state index contributed by atoms with van der Waals surface area (Å²) in [4.78, 5) is 12.8. The summed E-state index contributed by atoms with van der Waals surface area (Å²) in [6.45, 7) is 2.13. The molecule has 0 fully saturated rings. The SMILES string of the molecule is CC(CNS(=O)(=O)c1ccc(Br)c(C(=O)O)c1)N(C)C. The van der Waals surface area contributed by atoms with Crippen LogP contribution in [0.15, 0.2) is 27.6 Å². The fraction of sp³-hybridized carbons (Fsp3) is 0.417. The summed E-state index contributed by atoms with van der Waals surface area (Å²) in [7, 11) is -0.0258. The second-order valence-electron chi connectivity index (χ2n) is 4.61. The van der Waals surface area contributed by atoms with Gasteiger partial charge < -0.3 is 10.0 Å². The lowest BCUT2D eigenvalue weighted by Gasteiger charge is -2.20. The lowest BCUT2D eigenvalue weighted by molar-refractivity contribution is 0.0695. The van der Waals surface area contributed by atoms with Crippen LogP contribution in [0.4, 0.5) is 0 Å². The minimum Gasteiger partial charge on any atom is -0.478 e. The summed E-state index contributed by atoms with van der Waals surface area (Å²) < 4.78 is 27.0. The highest BCUT2D eigenvalue weighted by molar-refractivity contribution is 9.10. The first kappa shape index (κ1) is 17.1. The molecule has 0 spiro atoms. The van der Waals surface area contributed by atoms with E-state index in [1.54, 1.807) is 0 Å². The highest BCUT2D eigenvalue weighted by atomic mass is 79.9. The van der Waals surface area contributed by atoms with Crippen LogP contribution in [-0.2, 0) is 10.0 Å². The first-order chi connectivity index (χ1) is 9.15. The quantitative estimate of drug-likeness (QED) is 0.795. The Hall–Kier alpha value is -0.960. The smallest absolute Gasteiger partial charge is 0.336 e. The molecular formula is C12H17BrN2O4S. The predicted octanol–water partition coefficient (Wildman–Crippen LogP) is 1.38. The van der Waals surface area contributed by atoms with Crippen molar-refractivity contribution < 1.29 is 18.3 Å². The number of carboxylic acids is 1. The van der Waals surface area contributed by atoms with Crippen LogP contribution in [0.5, 0.6) is 0 Å². The number of halogens is 1. The van der Waals surface area contributed by atoms with Crippen LogP contribution in [0.3, 0.4) is 0 Å². The van der Waals surface area contributed by atoms with E-state index in [0.29, 0.717) is 4.47 Å². The molecule has 0 aliphatic rings. The number of hydrogen-bond donors (Lipinski definition) is 2. The van der Waals surface area contributed by atoms with Crippen LogP contribution >= 0.6 is 15.9 Å². The van der Waals surface area contributed by atoms with Gasteiger partial charge in [0.25, 0.3) is 0 Å². The molecule has 1 aromatic carbocycles. The van der Waals surface area contributed by atoms with Gasteiger partial charge in [0.2, 0.25) is 10.0 Å². The Morgan fingerprint density at radius 2 is 2.05 bits per heavy atom. The van der Waals surface area contributed by atoms with E-state index < -0.39 is 16.0 Å². The van der Waals surface area contributed by atoms with Gasteiger partial charge in [-0.25, -0.2) is 17.9 Å². The molecule has 2 N–H and O–H groups in total. The molecule has 1 rings (SSSR count). The molecule has 0 heterocycles. The zero-order chi connectivity index (χ0) is 15.5. The van der Waals surface area contributed by atoms with Crippen molar-refractivity contribution in [2.45, 2.75) is 17.9 Å². The van der Waals surface area contributed by atoms with Crippen molar-refractivity contribution >= 4 is 31.9 Å². The molecule has 0 aliphatic heterocycles. The minimum atomic E-state index is -3.72. The zero-order valence-electron chi connectivity index (χ0n) is 11.4. The van der Waals surface area contributed by atoms with Crippen LogP contribution < -0.4 is 4.72 Å². The van der Waals surface area contributed by atoms with E-state index in [0.717, 1.165) is 6.07 Å². The van der Waals surface area contributed by atoms with E-state index in [9.17, 15) is 13.2 Å².